The number of rotatable bonds is 3. The second-order valence-corrected chi connectivity index (χ2v) is 11.2. The van der Waals surface area contributed by atoms with Crippen LogP contribution in [0.25, 0.3) is 0 Å². The van der Waals surface area contributed by atoms with Crippen molar-refractivity contribution in [2.24, 2.45) is 29.1 Å². The van der Waals surface area contributed by atoms with Gasteiger partial charge in [-0.15, -0.1) is 0 Å². The number of hydrogen-bond acceptors (Lipinski definition) is 6. The first-order valence-electron chi connectivity index (χ1n) is 12.4. The van der Waals surface area contributed by atoms with E-state index in [2.05, 4.69) is 19.9 Å². The van der Waals surface area contributed by atoms with Gasteiger partial charge in [-0.05, 0) is 66.7 Å². The smallest absolute Gasteiger partial charge is 0.339 e. The molecule has 0 aromatic heterocycles. The molecular formula is C29H36O6. The van der Waals surface area contributed by atoms with E-state index in [1.807, 2.05) is 19.9 Å². The van der Waals surface area contributed by atoms with Crippen molar-refractivity contribution in [2.45, 2.75) is 72.2 Å². The van der Waals surface area contributed by atoms with Gasteiger partial charge in [-0.3, -0.25) is 9.59 Å². The number of benzene rings is 1. The van der Waals surface area contributed by atoms with Gasteiger partial charge in [0.15, 0.2) is 5.60 Å². The summed E-state index contributed by atoms with van der Waals surface area (Å²) >= 11 is 0. The minimum atomic E-state index is -1.67. The maximum absolute atomic E-state index is 14.2. The van der Waals surface area contributed by atoms with Gasteiger partial charge in [-0.2, -0.15) is 0 Å². The predicted octanol–water partition coefficient (Wildman–Crippen LogP) is 4.67. The third-order valence-electron chi connectivity index (χ3n) is 8.47. The molecule has 0 saturated heterocycles. The van der Waals surface area contributed by atoms with Crippen molar-refractivity contribution < 1.29 is 29.0 Å². The van der Waals surface area contributed by atoms with Crippen molar-refractivity contribution in [3.8, 4) is 0 Å². The molecule has 3 aliphatic rings. The fourth-order valence-corrected chi connectivity index (χ4v) is 6.29. The summed E-state index contributed by atoms with van der Waals surface area (Å²) in [6.45, 7) is 11.1. The van der Waals surface area contributed by atoms with Crippen molar-refractivity contribution in [3.63, 3.8) is 0 Å². The van der Waals surface area contributed by atoms with Crippen LogP contribution in [-0.4, -0.2) is 40.6 Å². The normalized spacial score (nSPS) is 37.5. The van der Waals surface area contributed by atoms with Crippen LogP contribution in [-0.2, 0) is 19.1 Å². The minimum absolute atomic E-state index is 0.0320. The molecule has 0 heterocycles. The number of allylic oxidation sites excluding steroid dienone is 2. The molecule has 6 heteroatoms. The van der Waals surface area contributed by atoms with E-state index in [0.717, 1.165) is 12.0 Å². The maximum atomic E-state index is 14.2. The molecule has 7 atom stereocenters. The number of carbonyl (C=O) groups is 3. The Hall–Kier alpha value is -2.73. The SMILES string of the molecule is CC(=O)O[C@H]1C(C)=CC[C@H]2[C@H](/C=C(/C)C(=O)[C@@]3(OC(=O)c4ccccc4)C[C@H](C)[C@H](O)[C@H]13)C2(C)C. The van der Waals surface area contributed by atoms with Gasteiger partial charge in [-0.25, -0.2) is 4.79 Å². The number of aliphatic hydroxyl groups is 1. The van der Waals surface area contributed by atoms with E-state index >= 15 is 0 Å². The highest BCUT2D eigenvalue weighted by Crippen LogP contribution is 2.62. The fraction of sp³-hybridized carbons (Fsp3) is 0.552. The number of fused-ring (bicyclic) bond motifs is 2. The van der Waals surface area contributed by atoms with Crippen molar-refractivity contribution in [3.05, 3.63) is 59.2 Å². The minimum Gasteiger partial charge on any atom is -0.457 e. The highest BCUT2D eigenvalue weighted by molar-refractivity contribution is 6.04. The number of aliphatic hydroxyl groups excluding tert-OH is 1. The van der Waals surface area contributed by atoms with Gasteiger partial charge in [0.05, 0.1) is 17.6 Å². The van der Waals surface area contributed by atoms with E-state index < -0.39 is 35.7 Å². The molecule has 1 aromatic rings. The molecule has 0 bridgehead atoms. The van der Waals surface area contributed by atoms with Gasteiger partial charge in [0.25, 0.3) is 0 Å². The zero-order chi connectivity index (χ0) is 25.7. The molecule has 0 aliphatic heterocycles. The lowest BCUT2D eigenvalue weighted by Gasteiger charge is -2.39. The van der Waals surface area contributed by atoms with Gasteiger partial charge >= 0.3 is 11.9 Å². The number of ether oxygens (including phenoxy) is 2. The van der Waals surface area contributed by atoms with Crippen LogP contribution < -0.4 is 0 Å². The van der Waals surface area contributed by atoms with Gasteiger partial charge in [-0.1, -0.05) is 51.1 Å². The number of Topliss-reactive ketones (excluding diaryl/α,β-unsaturated/α-hetero) is 1. The molecule has 0 spiro atoms. The van der Waals surface area contributed by atoms with Crippen molar-refractivity contribution in [1.82, 2.24) is 0 Å². The second kappa shape index (κ2) is 9.05. The van der Waals surface area contributed by atoms with Gasteiger partial charge < -0.3 is 14.6 Å². The second-order valence-electron chi connectivity index (χ2n) is 11.2. The molecule has 4 rings (SSSR count). The summed E-state index contributed by atoms with van der Waals surface area (Å²) < 4.78 is 11.9. The Labute approximate surface area is 207 Å². The zero-order valence-electron chi connectivity index (χ0n) is 21.4. The summed E-state index contributed by atoms with van der Waals surface area (Å²) in [6, 6.07) is 8.52. The monoisotopic (exact) mass is 480 g/mol. The predicted molar refractivity (Wildman–Crippen MR) is 131 cm³/mol. The number of carbonyl (C=O) groups excluding carboxylic acids is 3. The molecule has 188 valence electrons. The number of ketones is 1. The van der Waals surface area contributed by atoms with Crippen molar-refractivity contribution in [1.29, 1.82) is 0 Å². The molecule has 1 N–H and O–H groups in total. The van der Waals surface area contributed by atoms with Crippen molar-refractivity contribution >= 4 is 17.7 Å². The van der Waals surface area contributed by atoms with Gasteiger partial charge in [0.2, 0.25) is 5.78 Å². The first-order chi connectivity index (χ1) is 16.4. The Morgan fingerprint density at radius 3 is 2.40 bits per heavy atom. The zero-order valence-corrected chi connectivity index (χ0v) is 21.4. The van der Waals surface area contributed by atoms with E-state index in [0.29, 0.717) is 17.1 Å². The lowest BCUT2D eigenvalue weighted by Crippen LogP contribution is -2.54. The highest BCUT2D eigenvalue weighted by atomic mass is 16.6. The Morgan fingerprint density at radius 1 is 1.11 bits per heavy atom. The summed E-state index contributed by atoms with van der Waals surface area (Å²) in [7, 11) is 0. The largest absolute Gasteiger partial charge is 0.457 e. The summed E-state index contributed by atoms with van der Waals surface area (Å²) in [4.78, 5) is 39.7. The summed E-state index contributed by atoms with van der Waals surface area (Å²) in [5.74, 6) is -2.20. The van der Waals surface area contributed by atoms with Gasteiger partial charge in [0, 0.05) is 13.3 Å². The molecule has 0 unspecified atom stereocenters. The molecule has 0 amide bonds. The van der Waals surface area contributed by atoms with Crippen LogP contribution in [0.1, 0.15) is 64.7 Å². The quantitative estimate of drug-likeness (QED) is 0.500. The van der Waals surface area contributed by atoms with Crippen LogP contribution in [0.5, 0.6) is 0 Å². The maximum Gasteiger partial charge on any atom is 0.339 e. The van der Waals surface area contributed by atoms with Crippen LogP contribution in [0.3, 0.4) is 0 Å². The van der Waals surface area contributed by atoms with Crippen LogP contribution in [0.2, 0.25) is 0 Å². The van der Waals surface area contributed by atoms with E-state index in [9.17, 15) is 19.5 Å². The third-order valence-corrected chi connectivity index (χ3v) is 8.47. The first-order valence-corrected chi connectivity index (χ1v) is 12.4. The Morgan fingerprint density at radius 2 is 1.77 bits per heavy atom. The molecular weight excluding hydrogens is 444 g/mol. The summed E-state index contributed by atoms with van der Waals surface area (Å²) in [6.07, 6.45) is 3.07. The molecule has 2 fully saturated rings. The topological polar surface area (TPSA) is 89.9 Å². The number of esters is 2. The number of hydrogen-bond donors (Lipinski definition) is 1. The van der Waals surface area contributed by atoms with E-state index in [1.165, 1.54) is 6.92 Å². The summed E-state index contributed by atoms with van der Waals surface area (Å²) in [5, 5.41) is 11.4. The average molecular weight is 481 g/mol. The summed E-state index contributed by atoms with van der Waals surface area (Å²) in [5.41, 5.74) is -0.0470. The van der Waals surface area contributed by atoms with E-state index in [4.69, 9.17) is 9.47 Å². The third kappa shape index (κ3) is 4.37. The highest BCUT2D eigenvalue weighted by Gasteiger charge is 2.64. The first kappa shape index (κ1) is 25.4. The lowest BCUT2D eigenvalue weighted by atomic mass is 9.77. The molecule has 2 saturated carbocycles. The molecule has 0 radical (unpaired) electrons. The van der Waals surface area contributed by atoms with Crippen LogP contribution in [0.4, 0.5) is 0 Å². The molecule has 6 nitrogen and oxygen atoms in total. The molecule has 3 aliphatic carbocycles. The molecule has 35 heavy (non-hydrogen) atoms. The Bertz CT molecular complexity index is 1080. The Balaban J connectivity index is 1.89. The lowest BCUT2D eigenvalue weighted by molar-refractivity contribution is -0.161. The standard InChI is InChI=1S/C29H36O6/c1-16-12-13-21-22(28(21,5)6)14-17(2)26(32)29(35-27(33)20-10-8-7-9-11-20)15-18(3)24(31)23(29)25(16)34-19(4)30/h7-12,14,18,21-25,31H,13,15H2,1-6H3/b16-12?,17-14-/t18-,21-,22-,23+,24-,25-,29+/m0/s1. The Kier molecular flexibility index (Phi) is 6.56. The fourth-order valence-electron chi connectivity index (χ4n) is 6.29. The molecule has 1 aromatic carbocycles. The average Bonchev–Trinajstić information content (AvgIpc) is 3.21. The van der Waals surface area contributed by atoms with Crippen LogP contribution in [0, 0.1) is 29.1 Å². The van der Waals surface area contributed by atoms with E-state index in [-0.39, 0.29) is 29.5 Å². The van der Waals surface area contributed by atoms with Crippen molar-refractivity contribution in [2.75, 3.05) is 0 Å². The van der Waals surface area contributed by atoms with Gasteiger partial charge in [0.1, 0.15) is 6.10 Å². The van der Waals surface area contributed by atoms with Crippen LogP contribution in [0.15, 0.2) is 53.6 Å². The van der Waals surface area contributed by atoms with E-state index in [1.54, 1.807) is 37.3 Å². The van der Waals surface area contributed by atoms with Crippen LogP contribution >= 0.6 is 0 Å².